The van der Waals surface area contributed by atoms with E-state index in [1.165, 1.54) is 18.4 Å². The first-order valence-corrected chi connectivity index (χ1v) is 14.3. The van der Waals surface area contributed by atoms with E-state index in [-0.39, 0.29) is 18.8 Å². The molecule has 7 nitrogen and oxygen atoms in total. The van der Waals surface area contributed by atoms with E-state index in [1.807, 2.05) is 66.7 Å². The molecule has 206 valence electrons. The number of carbonyl (C=O) groups is 1. The van der Waals surface area contributed by atoms with Gasteiger partial charge in [0.15, 0.2) is 16.3 Å². The number of rotatable bonds is 8. The lowest BCUT2D eigenvalue weighted by molar-refractivity contribution is -0.138. The first-order valence-electron chi connectivity index (χ1n) is 12.7. The molecule has 0 saturated heterocycles. The van der Waals surface area contributed by atoms with Crippen LogP contribution in [0.3, 0.4) is 0 Å². The summed E-state index contributed by atoms with van der Waals surface area (Å²) in [5, 5.41) is 0. The molecule has 1 aliphatic heterocycles. The lowest BCUT2D eigenvalue weighted by Crippen LogP contribution is -2.39. The number of methoxy groups -OCH3 is 1. The van der Waals surface area contributed by atoms with E-state index in [4.69, 9.17) is 25.6 Å². The molecule has 1 aliphatic rings. The van der Waals surface area contributed by atoms with Gasteiger partial charge in [-0.15, -0.1) is 6.42 Å². The summed E-state index contributed by atoms with van der Waals surface area (Å²) in [4.78, 5) is 32.9. The van der Waals surface area contributed by atoms with Gasteiger partial charge in [0, 0.05) is 5.56 Å². The molecular weight excluding hydrogens is 604 g/mol. The highest BCUT2D eigenvalue weighted by molar-refractivity contribution is 9.10. The molecule has 0 bridgehead atoms. The summed E-state index contributed by atoms with van der Waals surface area (Å²) in [5.74, 6) is 2.86. The lowest BCUT2D eigenvalue weighted by Gasteiger charge is -2.25. The van der Waals surface area contributed by atoms with Crippen LogP contribution in [0.25, 0.3) is 11.8 Å². The van der Waals surface area contributed by atoms with Gasteiger partial charge in [-0.1, -0.05) is 77.9 Å². The minimum absolute atomic E-state index is 0.0823. The number of benzene rings is 3. The van der Waals surface area contributed by atoms with Crippen LogP contribution in [0.15, 0.2) is 92.6 Å². The Hall–Kier alpha value is -4.39. The van der Waals surface area contributed by atoms with E-state index in [9.17, 15) is 9.59 Å². The minimum atomic E-state index is -0.732. The first kappa shape index (κ1) is 28.1. The van der Waals surface area contributed by atoms with Gasteiger partial charge in [0.2, 0.25) is 0 Å². The maximum absolute atomic E-state index is 14.0. The van der Waals surface area contributed by atoms with Gasteiger partial charge in [-0.25, -0.2) is 9.79 Å². The van der Waals surface area contributed by atoms with Crippen LogP contribution in [0.4, 0.5) is 0 Å². The summed E-state index contributed by atoms with van der Waals surface area (Å²) in [6, 6.07) is 21.7. The number of carbonyl (C=O) groups excluding carboxylic acids is 1. The van der Waals surface area contributed by atoms with Crippen molar-refractivity contribution in [2.45, 2.75) is 13.0 Å². The molecule has 9 heteroatoms. The Morgan fingerprint density at radius 1 is 1.15 bits per heavy atom. The number of fused-ring (bicyclic) bond motifs is 1. The van der Waals surface area contributed by atoms with Crippen LogP contribution >= 0.6 is 27.3 Å². The van der Waals surface area contributed by atoms with Crippen LogP contribution in [-0.4, -0.2) is 30.9 Å². The molecule has 2 heterocycles. The van der Waals surface area contributed by atoms with Gasteiger partial charge in [-0.05, 0) is 52.2 Å². The molecule has 1 unspecified atom stereocenters. The highest BCUT2D eigenvalue weighted by atomic mass is 79.9. The SMILES string of the molecule is C#CCOc1c(Br)cc(C=c2sc3n(c2=O)C(c2ccccc2)C(C(=O)OCC)=C(c2ccccc2)N=3)cc1OC. The predicted octanol–water partition coefficient (Wildman–Crippen LogP) is 4.72. The second-order valence-electron chi connectivity index (χ2n) is 8.87. The van der Waals surface area contributed by atoms with E-state index in [1.54, 1.807) is 23.6 Å². The summed E-state index contributed by atoms with van der Waals surface area (Å²) in [5.41, 5.74) is 2.74. The van der Waals surface area contributed by atoms with E-state index >= 15 is 0 Å². The molecule has 0 fully saturated rings. The van der Waals surface area contributed by atoms with E-state index in [0.717, 1.165) is 11.1 Å². The highest BCUT2D eigenvalue weighted by Gasteiger charge is 2.35. The summed E-state index contributed by atoms with van der Waals surface area (Å²) in [6.07, 6.45) is 7.11. The second-order valence-corrected chi connectivity index (χ2v) is 10.7. The van der Waals surface area contributed by atoms with Gasteiger partial charge in [-0.2, -0.15) is 0 Å². The largest absolute Gasteiger partial charge is 0.493 e. The topological polar surface area (TPSA) is 79.1 Å². The van der Waals surface area contributed by atoms with Crippen LogP contribution in [0.2, 0.25) is 0 Å². The number of aromatic nitrogens is 1. The third kappa shape index (κ3) is 5.62. The van der Waals surface area contributed by atoms with Crippen molar-refractivity contribution in [2.24, 2.45) is 4.99 Å². The Morgan fingerprint density at radius 3 is 2.51 bits per heavy atom. The zero-order valence-electron chi connectivity index (χ0n) is 22.3. The average Bonchev–Trinajstić information content (AvgIpc) is 3.30. The van der Waals surface area contributed by atoms with Crippen molar-refractivity contribution in [3.05, 3.63) is 119 Å². The Bertz CT molecular complexity index is 1850. The number of thiazole rings is 1. The summed E-state index contributed by atoms with van der Waals surface area (Å²) in [6.45, 7) is 2.02. The molecule has 0 radical (unpaired) electrons. The Balaban J connectivity index is 1.76. The van der Waals surface area contributed by atoms with E-state index in [2.05, 4.69) is 21.9 Å². The van der Waals surface area contributed by atoms with Gasteiger partial charge < -0.3 is 14.2 Å². The molecule has 5 rings (SSSR count). The Labute approximate surface area is 249 Å². The van der Waals surface area contributed by atoms with Gasteiger partial charge in [0.25, 0.3) is 5.56 Å². The summed E-state index contributed by atoms with van der Waals surface area (Å²) in [7, 11) is 1.53. The van der Waals surface area contributed by atoms with Crippen molar-refractivity contribution >= 4 is 45.0 Å². The van der Waals surface area contributed by atoms with Gasteiger partial charge in [0.05, 0.1) is 40.0 Å². The zero-order valence-corrected chi connectivity index (χ0v) is 24.7. The number of hydrogen-bond donors (Lipinski definition) is 0. The minimum Gasteiger partial charge on any atom is -0.493 e. The maximum Gasteiger partial charge on any atom is 0.338 e. The third-order valence-corrected chi connectivity index (χ3v) is 7.91. The standard InChI is InChI=1S/C32H25BrN2O5S/c1-4-16-40-29-23(33)17-20(18-24(29)38-3)19-25-30(36)35-28(22-14-10-7-11-15-22)26(31(37)39-5-2)27(34-32(35)41-25)21-12-8-6-9-13-21/h1,6-15,17-19,28H,5,16H2,2-3H3. The van der Waals surface area contributed by atoms with Crippen LogP contribution in [0.5, 0.6) is 11.5 Å². The van der Waals surface area contributed by atoms with Crippen molar-refractivity contribution in [2.75, 3.05) is 20.3 Å². The fourth-order valence-corrected chi connectivity index (χ4v) is 6.19. The Morgan fingerprint density at radius 2 is 1.85 bits per heavy atom. The van der Waals surface area contributed by atoms with E-state index < -0.39 is 12.0 Å². The molecule has 3 aromatic carbocycles. The maximum atomic E-state index is 14.0. The smallest absolute Gasteiger partial charge is 0.338 e. The Kier molecular flexibility index (Phi) is 8.53. The molecule has 1 aromatic heterocycles. The number of hydrogen-bond acceptors (Lipinski definition) is 7. The average molecular weight is 630 g/mol. The van der Waals surface area contributed by atoms with Crippen LogP contribution in [-0.2, 0) is 9.53 Å². The molecular formula is C32H25BrN2O5S. The molecule has 0 N–H and O–H groups in total. The predicted molar refractivity (Wildman–Crippen MR) is 163 cm³/mol. The van der Waals surface area contributed by atoms with E-state index in [0.29, 0.717) is 42.1 Å². The first-order chi connectivity index (χ1) is 20.0. The molecule has 0 spiro atoms. The number of nitrogens with zero attached hydrogens (tertiary/aromatic N) is 2. The lowest BCUT2D eigenvalue weighted by atomic mass is 9.93. The summed E-state index contributed by atoms with van der Waals surface area (Å²) >= 11 is 4.77. The highest BCUT2D eigenvalue weighted by Crippen LogP contribution is 2.37. The fourth-order valence-electron chi connectivity index (χ4n) is 4.62. The second kappa shape index (κ2) is 12.4. The quantitative estimate of drug-likeness (QED) is 0.208. The summed E-state index contributed by atoms with van der Waals surface area (Å²) < 4.78 is 19.3. The van der Waals surface area contributed by atoms with Gasteiger partial charge in [0.1, 0.15) is 6.61 Å². The fraction of sp³-hybridized carbons (Fsp3) is 0.156. The van der Waals surface area contributed by atoms with Crippen molar-refractivity contribution in [1.82, 2.24) is 4.57 Å². The molecule has 0 amide bonds. The number of esters is 1. The molecule has 4 aromatic rings. The third-order valence-electron chi connectivity index (χ3n) is 6.34. The zero-order chi connectivity index (χ0) is 28.9. The van der Waals surface area contributed by atoms with Gasteiger partial charge >= 0.3 is 5.97 Å². The van der Waals surface area contributed by atoms with Crippen molar-refractivity contribution < 1.29 is 19.0 Å². The molecule has 1 atom stereocenters. The van der Waals surface area contributed by atoms with Crippen LogP contribution in [0.1, 0.15) is 29.7 Å². The van der Waals surface area contributed by atoms with Crippen LogP contribution < -0.4 is 24.4 Å². The van der Waals surface area contributed by atoms with Crippen molar-refractivity contribution in [3.8, 4) is 23.8 Å². The van der Waals surface area contributed by atoms with Gasteiger partial charge in [-0.3, -0.25) is 9.36 Å². The monoisotopic (exact) mass is 628 g/mol. The van der Waals surface area contributed by atoms with Crippen molar-refractivity contribution in [1.29, 1.82) is 0 Å². The molecule has 41 heavy (non-hydrogen) atoms. The molecule has 0 aliphatic carbocycles. The van der Waals surface area contributed by atoms with Crippen molar-refractivity contribution in [3.63, 3.8) is 0 Å². The number of halogens is 1. The van der Waals surface area contributed by atoms with Crippen LogP contribution in [0, 0.1) is 12.3 Å². The number of terminal acetylenes is 1. The molecule has 0 saturated carbocycles. The normalized spacial score (nSPS) is 14.6. The number of ether oxygens (including phenoxy) is 3.